The van der Waals surface area contributed by atoms with E-state index in [9.17, 15) is 9.59 Å². The summed E-state index contributed by atoms with van der Waals surface area (Å²) in [5, 5.41) is 0. The van der Waals surface area contributed by atoms with E-state index in [-0.39, 0.29) is 36.6 Å². The molecule has 0 bridgehead atoms. The standard InChI is InChI=1S/C28H30O3/c1-4-5-8-14-22(2)15-13-20-31-27(29)21-26(24-16-9-6-10-17-24)23(3)28(30)25-18-11-7-12-19-25/h4-19,23,26H,2,20-21H2,1,3H3/b5-4-,14-8-,15-13+. The predicted molar refractivity (Wildman–Crippen MR) is 127 cm³/mol. The average Bonchev–Trinajstić information content (AvgIpc) is 2.80. The quantitative estimate of drug-likeness (QED) is 0.240. The van der Waals surface area contributed by atoms with Crippen molar-refractivity contribution < 1.29 is 14.3 Å². The van der Waals surface area contributed by atoms with Crippen LogP contribution in [0.5, 0.6) is 0 Å². The second-order valence-corrected chi connectivity index (χ2v) is 7.29. The lowest BCUT2D eigenvalue weighted by atomic mass is 9.80. The summed E-state index contributed by atoms with van der Waals surface area (Å²) in [5.41, 5.74) is 2.42. The molecule has 3 heteroatoms. The van der Waals surface area contributed by atoms with Crippen molar-refractivity contribution in [3.63, 3.8) is 0 Å². The Hall–Kier alpha value is -3.46. The number of rotatable bonds is 11. The van der Waals surface area contributed by atoms with E-state index in [1.165, 1.54) is 0 Å². The lowest BCUT2D eigenvalue weighted by Gasteiger charge is -2.23. The number of carbonyl (C=O) groups is 2. The maximum absolute atomic E-state index is 13.0. The molecule has 3 nitrogen and oxygen atoms in total. The predicted octanol–water partition coefficient (Wildman–Crippen LogP) is 6.47. The van der Waals surface area contributed by atoms with Crippen molar-refractivity contribution in [2.24, 2.45) is 5.92 Å². The monoisotopic (exact) mass is 414 g/mol. The van der Waals surface area contributed by atoms with Crippen LogP contribution in [0.25, 0.3) is 0 Å². The van der Waals surface area contributed by atoms with Crippen molar-refractivity contribution >= 4 is 11.8 Å². The minimum atomic E-state index is -0.357. The third kappa shape index (κ3) is 8.06. The lowest BCUT2D eigenvalue weighted by Crippen LogP contribution is -2.23. The maximum Gasteiger partial charge on any atom is 0.306 e. The number of ether oxygens (including phenoxy) is 1. The van der Waals surface area contributed by atoms with Gasteiger partial charge < -0.3 is 4.74 Å². The zero-order valence-electron chi connectivity index (χ0n) is 18.2. The Kier molecular flexibility index (Phi) is 9.96. The van der Waals surface area contributed by atoms with Crippen LogP contribution in [0.15, 0.2) is 109 Å². The fourth-order valence-electron chi connectivity index (χ4n) is 3.26. The van der Waals surface area contributed by atoms with Crippen molar-refractivity contribution in [1.82, 2.24) is 0 Å². The van der Waals surface area contributed by atoms with E-state index in [4.69, 9.17) is 4.74 Å². The molecule has 2 rings (SSSR count). The molecule has 0 N–H and O–H groups in total. The zero-order valence-corrected chi connectivity index (χ0v) is 18.2. The number of benzene rings is 2. The topological polar surface area (TPSA) is 43.4 Å². The van der Waals surface area contributed by atoms with Gasteiger partial charge in [-0.15, -0.1) is 0 Å². The van der Waals surface area contributed by atoms with Gasteiger partial charge in [0.1, 0.15) is 6.61 Å². The molecule has 0 aliphatic rings. The van der Waals surface area contributed by atoms with Crippen molar-refractivity contribution in [1.29, 1.82) is 0 Å². The van der Waals surface area contributed by atoms with Gasteiger partial charge in [-0.2, -0.15) is 0 Å². The number of Topliss-reactive ketones (excluding diaryl/α,β-unsaturated/α-hetero) is 1. The van der Waals surface area contributed by atoms with Gasteiger partial charge in [-0.05, 0) is 24.1 Å². The summed E-state index contributed by atoms with van der Waals surface area (Å²) in [6.07, 6.45) is 11.3. The second-order valence-electron chi connectivity index (χ2n) is 7.29. The first-order valence-corrected chi connectivity index (χ1v) is 10.5. The highest BCUT2D eigenvalue weighted by Crippen LogP contribution is 2.31. The minimum absolute atomic E-state index is 0.0198. The smallest absolute Gasteiger partial charge is 0.306 e. The van der Waals surface area contributed by atoms with Gasteiger partial charge in [0.15, 0.2) is 5.78 Å². The van der Waals surface area contributed by atoms with Crippen LogP contribution in [0.1, 0.15) is 42.1 Å². The van der Waals surface area contributed by atoms with E-state index in [0.29, 0.717) is 5.56 Å². The van der Waals surface area contributed by atoms with Gasteiger partial charge in [0.2, 0.25) is 0 Å². The van der Waals surface area contributed by atoms with Crippen molar-refractivity contribution in [2.45, 2.75) is 26.2 Å². The molecule has 2 aromatic carbocycles. The molecule has 2 unspecified atom stereocenters. The fraction of sp³-hybridized carbons (Fsp3) is 0.214. The van der Waals surface area contributed by atoms with E-state index in [1.807, 2.05) is 105 Å². The molecule has 31 heavy (non-hydrogen) atoms. The van der Waals surface area contributed by atoms with E-state index in [2.05, 4.69) is 6.58 Å². The Balaban J connectivity index is 2.02. The summed E-state index contributed by atoms with van der Waals surface area (Å²) in [7, 11) is 0. The molecule has 0 aromatic heterocycles. The SMILES string of the molecule is C=C(/C=C\C=C/C)/C=C/COC(=O)CC(c1ccccc1)C(C)C(=O)c1ccccc1. The van der Waals surface area contributed by atoms with Gasteiger partial charge in [-0.3, -0.25) is 9.59 Å². The number of esters is 1. The highest BCUT2D eigenvalue weighted by atomic mass is 16.5. The molecule has 0 spiro atoms. The molecule has 0 fully saturated rings. The third-order valence-corrected chi connectivity index (χ3v) is 4.98. The zero-order chi connectivity index (χ0) is 22.5. The van der Waals surface area contributed by atoms with Crippen LogP contribution in [0, 0.1) is 5.92 Å². The van der Waals surface area contributed by atoms with Gasteiger partial charge in [0.05, 0.1) is 6.42 Å². The Bertz CT molecular complexity index is 937. The molecular formula is C28H30O3. The van der Waals surface area contributed by atoms with Gasteiger partial charge in [0, 0.05) is 17.4 Å². The number of hydrogen-bond donors (Lipinski definition) is 0. The molecule has 0 aliphatic carbocycles. The molecule has 0 saturated heterocycles. The van der Waals surface area contributed by atoms with Crippen molar-refractivity contribution in [3.8, 4) is 0 Å². The molecule has 160 valence electrons. The number of carbonyl (C=O) groups excluding carboxylic acids is 2. The van der Waals surface area contributed by atoms with Crippen LogP contribution >= 0.6 is 0 Å². The number of allylic oxidation sites excluding steroid dienone is 6. The van der Waals surface area contributed by atoms with Gasteiger partial charge in [-0.1, -0.05) is 105 Å². The summed E-state index contributed by atoms with van der Waals surface area (Å²) in [6, 6.07) is 18.9. The molecule has 0 heterocycles. The Morgan fingerprint density at radius 3 is 2.26 bits per heavy atom. The highest BCUT2D eigenvalue weighted by molar-refractivity contribution is 5.98. The summed E-state index contributed by atoms with van der Waals surface area (Å²) < 4.78 is 5.39. The summed E-state index contributed by atoms with van der Waals surface area (Å²) in [5.74, 6) is -0.929. The molecule has 0 radical (unpaired) electrons. The average molecular weight is 415 g/mol. The number of ketones is 1. The summed E-state index contributed by atoms with van der Waals surface area (Å²) >= 11 is 0. The highest BCUT2D eigenvalue weighted by Gasteiger charge is 2.28. The van der Waals surface area contributed by atoms with E-state index in [1.54, 1.807) is 6.08 Å². The molecule has 2 atom stereocenters. The van der Waals surface area contributed by atoms with E-state index < -0.39 is 0 Å². The van der Waals surface area contributed by atoms with Gasteiger partial charge in [0.25, 0.3) is 0 Å². The van der Waals surface area contributed by atoms with Crippen LogP contribution in [-0.4, -0.2) is 18.4 Å². The summed E-state index contributed by atoms with van der Waals surface area (Å²) in [6.45, 7) is 7.90. The van der Waals surface area contributed by atoms with Gasteiger partial charge >= 0.3 is 5.97 Å². The number of hydrogen-bond acceptors (Lipinski definition) is 3. The van der Waals surface area contributed by atoms with Crippen LogP contribution in [-0.2, 0) is 9.53 Å². The van der Waals surface area contributed by atoms with Crippen molar-refractivity contribution in [2.75, 3.05) is 6.61 Å². The Morgan fingerprint density at radius 2 is 1.61 bits per heavy atom. The maximum atomic E-state index is 13.0. The normalized spacial score (nSPS) is 13.5. The van der Waals surface area contributed by atoms with E-state index >= 15 is 0 Å². The van der Waals surface area contributed by atoms with Crippen LogP contribution in [0.3, 0.4) is 0 Å². The largest absolute Gasteiger partial charge is 0.461 e. The first-order valence-electron chi connectivity index (χ1n) is 10.5. The first kappa shape index (κ1) is 23.8. The minimum Gasteiger partial charge on any atom is -0.461 e. The molecule has 0 aliphatic heterocycles. The van der Waals surface area contributed by atoms with Gasteiger partial charge in [-0.25, -0.2) is 0 Å². The Morgan fingerprint density at radius 1 is 0.968 bits per heavy atom. The third-order valence-electron chi connectivity index (χ3n) is 4.98. The summed E-state index contributed by atoms with van der Waals surface area (Å²) in [4.78, 5) is 25.5. The van der Waals surface area contributed by atoms with Crippen LogP contribution in [0.4, 0.5) is 0 Å². The van der Waals surface area contributed by atoms with E-state index in [0.717, 1.165) is 11.1 Å². The molecule has 2 aromatic rings. The molecular weight excluding hydrogens is 384 g/mol. The first-order chi connectivity index (χ1) is 15.0. The second kappa shape index (κ2) is 13.0. The Labute approximate surface area is 185 Å². The molecule has 0 amide bonds. The lowest BCUT2D eigenvalue weighted by molar-refractivity contribution is -0.143. The molecule has 0 saturated carbocycles. The fourth-order valence-corrected chi connectivity index (χ4v) is 3.26. The van der Waals surface area contributed by atoms with Crippen molar-refractivity contribution in [3.05, 3.63) is 120 Å². The van der Waals surface area contributed by atoms with Crippen LogP contribution < -0.4 is 0 Å². The van der Waals surface area contributed by atoms with Crippen LogP contribution in [0.2, 0.25) is 0 Å².